The maximum atomic E-state index is 11.7. The van der Waals surface area contributed by atoms with Crippen molar-refractivity contribution in [2.75, 3.05) is 0 Å². The predicted molar refractivity (Wildman–Crippen MR) is 107 cm³/mol. The molecule has 2 aromatic heterocycles. The van der Waals surface area contributed by atoms with E-state index in [1.54, 1.807) is 28.9 Å². The normalized spacial score (nSPS) is 10.4. The second-order valence-electron chi connectivity index (χ2n) is 6.71. The first kappa shape index (κ1) is 19.9. The zero-order valence-corrected chi connectivity index (χ0v) is 16.2. The van der Waals surface area contributed by atoms with Gasteiger partial charge in [0, 0.05) is 18.5 Å². The summed E-state index contributed by atoms with van der Waals surface area (Å²) in [6.07, 6.45) is 3.41. The fourth-order valence-corrected chi connectivity index (χ4v) is 3.09. The first-order valence-corrected chi connectivity index (χ1v) is 9.45. The van der Waals surface area contributed by atoms with Gasteiger partial charge in [0.25, 0.3) is 5.91 Å². The number of nitrogens with two attached hydrogens (primary N) is 1. The number of nitrogens with zero attached hydrogens (tertiary/aromatic N) is 4. The highest BCUT2D eigenvalue weighted by atomic mass is 16.3. The minimum absolute atomic E-state index is 0.310. The Morgan fingerprint density at radius 2 is 1.93 bits per heavy atom. The molecule has 146 valence electrons. The number of aryl methyl sites for hydroxylation is 3. The van der Waals surface area contributed by atoms with E-state index >= 15 is 0 Å². The maximum Gasteiger partial charge on any atom is 0.266 e. The van der Waals surface area contributed by atoms with Crippen molar-refractivity contribution in [2.24, 2.45) is 5.73 Å². The van der Waals surface area contributed by atoms with Crippen LogP contribution in [0.1, 0.15) is 52.8 Å². The number of furan rings is 1. The van der Waals surface area contributed by atoms with Crippen molar-refractivity contribution in [3.05, 3.63) is 64.7 Å². The quantitative estimate of drug-likeness (QED) is 0.633. The van der Waals surface area contributed by atoms with Gasteiger partial charge in [-0.3, -0.25) is 9.48 Å². The number of aromatic nitrogens is 2. The third-order valence-corrected chi connectivity index (χ3v) is 4.65. The highest BCUT2D eigenvalue weighted by molar-refractivity contribution is 5.91. The van der Waals surface area contributed by atoms with Crippen LogP contribution in [0.2, 0.25) is 0 Å². The van der Waals surface area contributed by atoms with E-state index in [1.165, 1.54) is 0 Å². The Morgan fingerprint density at radius 3 is 2.62 bits per heavy atom. The second-order valence-corrected chi connectivity index (χ2v) is 6.71. The van der Waals surface area contributed by atoms with Gasteiger partial charge < -0.3 is 10.2 Å². The number of amides is 1. The van der Waals surface area contributed by atoms with Crippen LogP contribution in [0.3, 0.4) is 0 Å². The molecule has 0 aliphatic heterocycles. The molecule has 1 amide bonds. The van der Waals surface area contributed by atoms with Gasteiger partial charge in [-0.25, -0.2) is 0 Å². The molecular weight excluding hydrogens is 366 g/mol. The van der Waals surface area contributed by atoms with Crippen molar-refractivity contribution in [1.82, 2.24) is 9.78 Å². The minimum atomic E-state index is -0.498. The number of rotatable bonds is 8. The largest absolute Gasteiger partial charge is 0.461 e. The van der Waals surface area contributed by atoms with Crippen LogP contribution in [0.5, 0.6) is 0 Å². The Bertz CT molecular complexity index is 1110. The Morgan fingerprint density at radius 1 is 1.14 bits per heavy atom. The Balaban J connectivity index is 1.75. The first-order valence-electron chi connectivity index (χ1n) is 9.45. The number of unbranched alkanes of at least 4 members (excludes halogenated alkanes) is 1. The number of carbonyl (C=O) groups excluding carboxylic acids is 1. The molecule has 3 rings (SSSR count). The molecule has 0 radical (unpaired) electrons. The molecule has 1 aromatic carbocycles. The third kappa shape index (κ3) is 4.53. The summed E-state index contributed by atoms with van der Waals surface area (Å²) in [7, 11) is 0. The summed E-state index contributed by atoms with van der Waals surface area (Å²) in [4.78, 5) is 11.7. The van der Waals surface area contributed by atoms with Crippen molar-refractivity contribution in [3.63, 3.8) is 0 Å². The summed E-state index contributed by atoms with van der Waals surface area (Å²) in [5.41, 5.74) is 8.12. The molecule has 7 nitrogen and oxygen atoms in total. The fraction of sp³-hybridized carbons (Fsp3) is 0.273. The molecule has 2 heterocycles. The summed E-state index contributed by atoms with van der Waals surface area (Å²) in [5.74, 6) is 0.839. The standard InChI is InChI=1S/C22H21N5O2/c1-2-3-4-18-12-20(22(25)28)27(26-18)10-9-19-7-8-21(29-19)15-5-6-16(13-23)17(11-15)14-24/h5-8,11-12H,2-4,9-10H2,1H3,(H2,25,28). The molecule has 0 atom stereocenters. The summed E-state index contributed by atoms with van der Waals surface area (Å²) in [6, 6.07) is 14.4. The molecule has 0 saturated heterocycles. The van der Waals surface area contributed by atoms with Crippen LogP contribution in [-0.2, 0) is 19.4 Å². The number of benzene rings is 1. The predicted octanol–water partition coefficient (Wildman–Crippen LogP) is 3.57. The van der Waals surface area contributed by atoms with E-state index in [-0.39, 0.29) is 0 Å². The summed E-state index contributed by atoms with van der Waals surface area (Å²) in [5, 5.41) is 22.7. The van der Waals surface area contributed by atoms with E-state index in [0.717, 1.165) is 36.3 Å². The fourth-order valence-electron chi connectivity index (χ4n) is 3.09. The van der Waals surface area contributed by atoms with Gasteiger partial charge in [-0.2, -0.15) is 15.6 Å². The number of hydrogen-bond acceptors (Lipinski definition) is 5. The number of carbonyl (C=O) groups is 1. The van der Waals surface area contributed by atoms with Crippen molar-refractivity contribution in [2.45, 2.75) is 39.2 Å². The van der Waals surface area contributed by atoms with Gasteiger partial charge in [-0.1, -0.05) is 13.3 Å². The van der Waals surface area contributed by atoms with Gasteiger partial charge in [-0.05, 0) is 49.2 Å². The van der Waals surface area contributed by atoms with Crippen molar-refractivity contribution in [3.8, 4) is 23.5 Å². The third-order valence-electron chi connectivity index (χ3n) is 4.65. The molecule has 0 saturated carbocycles. The lowest BCUT2D eigenvalue weighted by Crippen LogP contribution is -2.18. The lowest BCUT2D eigenvalue weighted by atomic mass is 10.0. The zero-order valence-electron chi connectivity index (χ0n) is 16.2. The molecule has 7 heteroatoms. The van der Waals surface area contributed by atoms with Crippen LogP contribution in [0, 0.1) is 22.7 Å². The van der Waals surface area contributed by atoms with Gasteiger partial charge >= 0.3 is 0 Å². The average Bonchev–Trinajstić information content (AvgIpc) is 3.37. The van der Waals surface area contributed by atoms with Gasteiger partial charge in [-0.15, -0.1) is 0 Å². The molecule has 2 N–H and O–H groups in total. The zero-order chi connectivity index (χ0) is 20.8. The van der Waals surface area contributed by atoms with E-state index in [9.17, 15) is 10.1 Å². The first-order chi connectivity index (χ1) is 14.0. The highest BCUT2D eigenvalue weighted by Gasteiger charge is 2.14. The number of hydrogen-bond donors (Lipinski definition) is 1. The van der Waals surface area contributed by atoms with Crippen LogP contribution >= 0.6 is 0 Å². The van der Waals surface area contributed by atoms with Crippen LogP contribution in [0.4, 0.5) is 0 Å². The van der Waals surface area contributed by atoms with Gasteiger partial charge in [0.05, 0.1) is 16.8 Å². The monoisotopic (exact) mass is 387 g/mol. The van der Waals surface area contributed by atoms with Crippen molar-refractivity contribution >= 4 is 5.91 Å². The molecule has 0 spiro atoms. The lowest BCUT2D eigenvalue weighted by Gasteiger charge is -2.04. The van der Waals surface area contributed by atoms with Crippen molar-refractivity contribution < 1.29 is 9.21 Å². The molecule has 0 aliphatic rings. The maximum absolute atomic E-state index is 11.7. The number of primary amides is 1. The van der Waals surface area contributed by atoms with E-state index in [1.807, 2.05) is 24.3 Å². The average molecular weight is 387 g/mol. The molecule has 0 aliphatic carbocycles. The van der Waals surface area contributed by atoms with Crippen LogP contribution < -0.4 is 5.73 Å². The van der Waals surface area contributed by atoms with Crippen LogP contribution in [0.25, 0.3) is 11.3 Å². The van der Waals surface area contributed by atoms with E-state index in [4.69, 9.17) is 15.4 Å². The molecule has 3 aromatic rings. The molecule has 29 heavy (non-hydrogen) atoms. The summed E-state index contributed by atoms with van der Waals surface area (Å²) in [6.45, 7) is 2.57. The van der Waals surface area contributed by atoms with E-state index in [0.29, 0.717) is 35.5 Å². The van der Waals surface area contributed by atoms with Crippen molar-refractivity contribution in [1.29, 1.82) is 10.5 Å². The smallest absolute Gasteiger partial charge is 0.266 e. The summed E-state index contributed by atoms with van der Waals surface area (Å²) < 4.78 is 7.52. The van der Waals surface area contributed by atoms with E-state index in [2.05, 4.69) is 12.0 Å². The van der Waals surface area contributed by atoms with E-state index < -0.39 is 5.91 Å². The van der Waals surface area contributed by atoms with Gasteiger partial charge in [0.15, 0.2) is 0 Å². The Kier molecular flexibility index (Phi) is 6.11. The lowest BCUT2D eigenvalue weighted by molar-refractivity contribution is 0.0989. The van der Waals surface area contributed by atoms with Gasteiger partial charge in [0.2, 0.25) is 0 Å². The number of nitriles is 2. The molecule has 0 bridgehead atoms. The molecular formula is C22H21N5O2. The minimum Gasteiger partial charge on any atom is -0.461 e. The van der Waals surface area contributed by atoms with Crippen LogP contribution in [0.15, 0.2) is 40.8 Å². The molecule has 0 unspecified atom stereocenters. The van der Waals surface area contributed by atoms with Crippen LogP contribution in [-0.4, -0.2) is 15.7 Å². The van der Waals surface area contributed by atoms with Gasteiger partial charge in [0.1, 0.15) is 29.4 Å². The Hall–Kier alpha value is -3.84. The highest BCUT2D eigenvalue weighted by Crippen LogP contribution is 2.25. The SMILES string of the molecule is CCCCc1cc(C(N)=O)n(CCc2ccc(-c3ccc(C#N)c(C#N)c3)o2)n1. The molecule has 0 fully saturated rings. The Labute approximate surface area is 169 Å². The second kappa shape index (κ2) is 8.90. The summed E-state index contributed by atoms with van der Waals surface area (Å²) >= 11 is 0. The topological polar surface area (TPSA) is 122 Å².